The number of carbonyl (C=O) groups is 1. The van der Waals surface area contributed by atoms with Gasteiger partial charge < -0.3 is 4.74 Å². The van der Waals surface area contributed by atoms with Crippen molar-refractivity contribution in [3.05, 3.63) is 30.1 Å². The van der Waals surface area contributed by atoms with Crippen molar-refractivity contribution >= 4 is 5.97 Å². The molecular weight excluding hydrogens is 240 g/mol. The number of hydrogen-bond acceptors (Lipinski definition) is 4. The molecule has 1 heterocycles. The first-order valence-electron chi connectivity index (χ1n) is 6.87. The molecule has 1 aliphatic carbocycles. The number of nitrogens with zero attached hydrogens (tertiary/aromatic N) is 2. The first-order valence-corrected chi connectivity index (χ1v) is 6.87. The van der Waals surface area contributed by atoms with Gasteiger partial charge in [-0.25, -0.2) is 0 Å². The number of pyridine rings is 1. The van der Waals surface area contributed by atoms with Crippen molar-refractivity contribution in [2.24, 2.45) is 5.92 Å². The molecule has 0 aliphatic heterocycles. The lowest BCUT2D eigenvalue weighted by atomic mass is 9.85. The SMILES string of the molecule is COC(=O)C1CCC(N(C)Cc2ccncc2)CC1. The molecule has 2 rings (SSSR count). The van der Waals surface area contributed by atoms with Crippen LogP contribution in [-0.2, 0) is 16.1 Å². The van der Waals surface area contributed by atoms with Crippen LogP contribution in [0.1, 0.15) is 31.2 Å². The van der Waals surface area contributed by atoms with E-state index in [2.05, 4.69) is 29.1 Å². The summed E-state index contributed by atoms with van der Waals surface area (Å²) in [5.74, 6) is 0.0609. The van der Waals surface area contributed by atoms with Crippen LogP contribution in [0.5, 0.6) is 0 Å². The summed E-state index contributed by atoms with van der Waals surface area (Å²) in [6.07, 6.45) is 7.69. The highest BCUT2D eigenvalue weighted by atomic mass is 16.5. The molecule has 1 fully saturated rings. The van der Waals surface area contributed by atoms with Gasteiger partial charge in [0.1, 0.15) is 0 Å². The van der Waals surface area contributed by atoms with E-state index in [0.29, 0.717) is 6.04 Å². The minimum absolute atomic E-state index is 0.0461. The van der Waals surface area contributed by atoms with Gasteiger partial charge in [0, 0.05) is 25.0 Å². The zero-order valence-corrected chi connectivity index (χ0v) is 11.7. The maximum Gasteiger partial charge on any atom is 0.308 e. The molecule has 0 unspecified atom stereocenters. The Morgan fingerprint density at radius 1 is 1.32 bits per heavy atom. The normalized spacial score (nSPS) is 23.3. The summed E-state index contributed by atoms with van der Waals surface area (Å²) in [5.41, 5.74) is 1.28. The zero-order chi connectivity index (χ0) is 13.7. The average Bonchev–Trinajstić information content (AvgIpc) is 2.47. The maximum atomic E-state index is 11.5. The van der Waals surface area contributed by atoms with E-state index < -0.39 is 0 Å². The molecule has 4 heteroatoms. The zero-order valence-electron chi connectivity index (χ0n) is 11.7. The Balaban J connectivity index is 1.82. The van der Waals surface area contributed by atoms with E-state index in [9.17, 15) is 4.79 Å². The Morgan fingerprint density at radius 3 is 2.53 bits per heavy atom. The molecule has 1 aromatic heterocycles. The van der Waals surface area contributed by atoms with E-state index in [4.69, 9.17) is 4.74 Å². The summed E-state index contributed by atoms with van der Waals surface area (Å²) in [7, 11) is 3.63. The molecule has 0 N–H and O–H groups in total. The lowest BCUT2D eigenvalue weighted by Crippen LogP contribution is -2.36. The van der Waals surface area contributed by atoms with E-state index in [1.165, 1.54) is 12.7 Å². The van der Waals surface area contributed by atoms with Gasteiger partial charge >= 0.3 is 5.97 Å². The minimum atomic E-state index is -0.0461. The number of hydrogen-bond donors (Lipinski definition) is 0. The molecule has 19 heavy (non-hydrogen) atoms. The molecule has 1 saturated carbocycles. The van der Waals surface area contributed by atoms with Crippen LogP contribution >= 0.6 is 0 Å². The molecule has 0 spiro atoms. The number of esters is 1. The van der Waals surface area contributed by atoms with Crippen molar-refractivity contribution in [2.45, 2.75) is 38.3 Å². The average molecular weight is 262 g/mol. The highest BCUT2D eigenvalue weighted by Gasteiger charge is 2.28. The summed E-state index contributed by atoms with van der Waals surface area (Å²) in [5, 5.41) is 0. The minimum Gasteiger partial charge on any atom is -0.469 e. The lowest BCUT2D eigenvalue weighted by Gasteiger charge is -2.33. The quantitative estimate of drug-likeness (QED) is 0.780. The van der Waals surface area contributed by atoms with Crippen LogP contribution in [0.15, 0.2) is 24.5 Å². The third-order valence-corrected chi connectivity index (χ3v) is 4.04. The molecule has 0 saturated heterocycles. The van der Waals surface area contributed by atoms with E-state index in [0.717, 1.165) is 32.2 Å². The third kappa shape index (κ3) is 3.77. The predicted octanol–water partition coefficient (Wildman–Crippen LogP) is 2.25. The molecule has 0 radical (unpaired) electrons. The summed E-state index contributed by atoms with van der Waals surface area (Å²) in [4.78, 5) is 17.9. The van der Waals surface area contributed by atoms with Gasteiger partial charge in [0.25, 0.3) is 0 Å². The Bertz CT molecular complexity index is 400. The van der Waals surface area contributed by atoms with Crippen LogP contribution in [0.25, 0.3) is 0 Å². The summed E-state index contributed by atoms with van der Waals surface area (Å²) < 4.78 is 4.82. The lowest BCUT2D eigenvalue weighted by molar-refractivity contribution is -0.146. The number of aromatic nitrogens is 1. The highest BCUT2D eigenvalue weighted by molar-refractivity contribution is 5.72. The van der Waals surface area contributed by atoms with Crippen molar-refractivity contribution < 1.29 is 9.53 Å². The maximum absolute atomic E-state index is 11.5. The third-order valence-electron chi connectivity index (χ3n) is 4.04. The molecule has 1 aliphatic rings. The Kier molecular flexibility index (Phi) is 4.91. The first-order chi connectivity index (χ1) is 9.20. The van der Waals surface area contributed by atoms with Crippen LogP contribution in [0.4, 0.5) is 0 Å². The van der Waals surface area contributed by atoms with Crippen LogP contribution in [-0.4, -0.2) is 36.1 Å². The Labute approximate surface area is 114 Å². The van der Waals surface area contributed by atoms with E-state index in [-0.39, 0.29) is 11.9 Å². The molecule has 0 aromatic carbocycles. The van der Waals surface area contributed by atoms with Crippen molar-refractivity contribution in [1.82, 2.24) is 9.88 Å². The van der Waals surface area contributed by atoms with Gasteiger partial charge in [0.05, 0.1) is 13.0 Å². The Morgan fingerprint density at radius 2 is 1.95 bits per heavy atom. The molecule has 4 nitrogen and oxygen atoms in total. The fourth-order valence-electron chi connectivity index (χ4n) is 2.82. The van der Waals surface area contributed by atoms with Crippen LogP contribution in [0.2, 0.25) is 0 Å². The molecule has 1 aromatic rings. The number of methoxy groups -OCH3 is 1. The second kappa shape index (κ2) is 6.66. The summed E-state index contributed by atoms with van der Waals surface area (Å²) >= 11 is 0. The van der Waals surface area contributed by atoms with Crippen LogP contribution in [0.3, 0.4) is 0 Å². The van der Waals surface area contributed by atoms with Crippen molar-refractivity contribution in [1.29, 1.82) is 0 Å². The van der Waals surface area contributed by atoms with Crippen LogP contribution in [0, 0.1) is 5.92 Å². The monoisotopic (exact) mass is 262 g/mol. The van der Waals surface area contributed by atoms with Crippen LogP contribution < -0.4 is 0 Å². The van der Waals surface area contributed by atoms with E-state index in [1.54, 1.807) is 0 Å². The van der Waals surface area contributed by atoms with Gasteiger partial charge in [-0.1, -0.05) is 0 Å². The van der Waals surface area contributed by atoms with Gasteiger partial charge in [-0.05, 0) is 50.4 Å². The number of carbonyl (C=O) groups excluding carboxylic acids is 1. The topological polar surface area (TPSA) is 42.4 Å². The van der Waals surface area contributed by atoms with Gasteiger partial charge in [-0.3, -0.25) is 14.7 Å². The smallest absolute Gasteiger partial charge is 0.308 e. The largest absolute Gasteiger partial charge is 0.469 e. The van der Waals surface area contributed by atoms with Crippen molar-refractivity contribution in [3.8, 4) is 0 Å². The second-order valence-corrected chi connectivity index (χ2v) is 5.30. The van der Waals surface area contributed by atoms with Gasteiger partial charge in [-0.15, -0.1) is 0 Å². The summed E-state index contributed by atoms with van der Waals surface area (Å²) in [6.45, 7) is 0.941. The number of ether oxygens (including phenoxy) is 1. The first kappa shape index (κ1) is 14.0. The molecule has 104 valence electrons. The van der Waals surface area contributed by atoms with Crippen molar-refractivity contribution in [3.63, 3.8) is 0 Å². The Hall–Kier alpha value is -1.42. The van der Waals surface area contributed by atoms with E-state index in [1.807, 2.05) is 12.4 Å². The molecule has 0 atom stereocenters. The van der Waals surface area contributed by atoms with Gasteiger partial charge in [0.15, 0.2) is 0 Å². The van der Waals surface area contributed by atoms with Gasteiger partial charge in [-0.2, -0.15) is 0 Å². The fourth-order valence-corrected chi connectivity index (χ4v) is 2.82. The second-order valence-electron chi connectivity index (χ2n) is 5.30. The standard InChI is InChI=1S/C15H22N2O2/c1-17(11-12-7-9-16-10-8-12)14-5-3-13(4-6-14)15(18)19-2/h7-10,13-14H,3-6,11H2,1-2H3. The number of rotatable bonds is 4. The molecular formula is C15H22N2O2. The van der Waals surface area contributed by atoms with E-state index >= 15 is 0 Å². The highest BCUT2D eigenvalue weighted by Crippen LogP contribution is 2.28. The molecule has 0 amide bonds. The fraction of sp³-hybridized carbons (Fsp3) is 0.600. The summed E-state index contributed by atoms with van der Waals surface area (Å²) in [6, 6.07) is 4.67. The molecule has 0 bridgehead atoms. The van der Waals surface area contributed by atoms with Gasteiger partial charge in [0.2, 0.25) is 0 Å². The predicted molar refractivity (Wildman–Crippen MR) is 73.5 cm³/mol. The van der Waals surface area contributed by atoms with Crippen molar-refractivity contribution in [2.75, 3.05) is 14.2 Å².